The predicted octanol–water partition coefficient (Wildman–Crippen LogP) is 3.12. The largest absolute Gasteiger partial charge is 0.358 e. The topological polar surface area (TPSA) is 77.8 Å². The van der Waals surface area contributed by atoms with Gasteiger partial charge in [0.1, 0.15) is 0 Å². The van der Waals surface area contributed by atoms with E-state index in [1.54, 1.807) is 0 Å². The molecule has 24 heavy (non-hydrogen) atoms. The zero-order valence-electron chi connectivity index (χ0n) is 13.8. The fourth-order valence-corrected chi connectivity index (χ4v) is 3.57. The van der Waals surface area contributed by atoms with Crippen LogP contribution in [0.3, 0.4) is 0 Å². The average molecular weight is 341 g/mol. The molecule has 2 aromatic heterocycles. The third kappa shape index (κ3) is 2.97. The fourth-order valence-electron chi connectivity index (χ4n) is 2.86. The molecule has 0 aliphatic rings. The minimum absolute atomic E-state index is 0.157. The molecule has 0 fully saturated rings. The maximum absolute atomic E-state index is 12.6. The minimum atomic E-state index is -0.183. The second-order valence-corrected chi connectivity index (χ2v) is 6.53. The minimum Gasteiger partial charge on any atom is -0.358 e. The number of nitrogens with one attached hydrogen (secondary N) is 3. The van der Waals surface area contributed by atoms with Crippen LogP contribution in [0.4, 0.5) is 0 Å². The SMILES string of the molecule is CSc1cc(C)[nH]c(=O)c1CNC(=O)c1c(C)[nH]c2ccccc12. The van der Waals surface area contributed by atoms with Crippen molar-refractivity contribution in [3.8, 4) is 0 Å². The normalized spacial score (nSPS) is 11.0. The van der Waals surface area contributed by atoms with Crippen molar-refractivity contribution < 1.29 is 4.79 Å². The number of amides is 1. The van der Waals surface area contributed by atoms with E-state index in [-0.39, 0.29) is 18.0 Å². The molecule has 0 radical (unpaired) electrons. The van der Waals surface area contributed by atoms with Crippen molar-refractivity contribution >= 4 is 28.6 Å². The lowest BCUT2D eigenvalue weighted by atomic mass is 10.1. The Bertz CT molecular complexity index is 972. The first-order valence-corrected chi connectivity index (χ1v) is 8.86. The Morgan fingerprint density at radius 1 is 1.21 bits per heavy atom. The van der Waals surface area contributed by atoms with Crippen molar-refractivity contribution in [1.82, 2.24) is 15.3 Å². The van der Waals surface area contributed by atoms with E-state index in [0.29, 0.717) is 11.1 Å². The lowest BCUT2D eigenvalue weighted by Crippen LogP contribution is -2.28. The summed E-state index contributed by atoms with van der Waals surface area (Å²) in [5.74, 6) is -0.183. The monoisotopic (exact) mass is 341 g/mol. The molecule has 5 nitrogen and oxygen atoms in total. The molecular formula is C18H19N3O2S. The number of H-pyrrole nitrogens is 2. The Hall–Kier alpha value is -2.47. The first-order valence-electron chi connectivity index (χ1n) is 7.63. The highest BCUT2D eigenvalue weighted by molar-refractivity contribution is 7.98. The third-order valence-electron chi connectivity index (χ3n) is 4.00. The van der Waals surface area contributed by atoms with Gasteiger partial charge >= 0.3 is 0 Å². The number of aromatic amines is 2. The number of carbonyl (C=O) groups is 1. The fraction of sp³-hybridized carbons (Fsp3) is 0.222. The Morgan fingerprint density at radius 2 is 1.96 bits per heavy atom. The summed E-state index contributed by atoms with van der Waals surface area (Å²) in [5.41, 5.74) is 3.61. The van der Waals surface area contributed by atoms with Crippen molar-refractivity contribution in [3.63, 3.8) is 0 Å². The molecule has 0 unspecified atom stereocenters. The van der Waals surface area contributed by atoms with Crippen LogP contribution < -0.4 is 10.9 Å². The molecule has 0 aliphatic heterocycles. The van der Waals surface area contributed by atoms with Gasteiger partial charge in [-0.05, 0) is 32.2 Å². The van der Waals surface area contributed by atoms with Gasteiger partial charge in [-0.2, -0.15) is 0 Å². The van der Waals surface area contributed by atoms with E-state index < -0.39 is 0 Å². The van der Waals surface area contributed by atoms with Gasteiger partial charge in [0.2, 0.25) is 0 Å². The third-order valence-corrected chi connectivity index (χ3v) is 4.80. The van der Waals surface area contributed by atoms with Crippen LogP contribution in [0.1, 0.15) is 27.3 Å². The number of pyridine rings is 1. The number of aromatic nitrogens is 2. The molecule has 124 valence electrons. The van der Waals surface area contributed by atoms with Crippen LogP contribution in [0, 0.1) is 13.8 Å². The Balaban J connectivity index is 1.89. The molecule has 1 aromatic carbocycles. The van der Waals surface area contributed by atoms with Crippen LogP contribution in [-0.2, 0) is 6.54 Å². The molecule has 3 rings (SSSR count). The second kappa shape index (κ2) is 6.57. The lowest BCUT2D eigenvalue weighted by molar-refractivity contribution is 0.0951. The maximum atomic E-state index is 12.6. The summed E-state index contributed by atoms with van der Waals surface area (Å²) in [6.07, 6.45) is 1.92. The summed E-state index contributed by atoms with van der Waals surface area (Å²) in [6.45, 7) is 3.92. The number of benzene rings is 1. The molecule has 0 saturated carbocycles. The van der Waals surface area contributed by atoms with E-state index in [0.717, 1.165) is 27.2 Å². The summed E-state index contributed by atoms with van der Waals surface area (Å²) in [7, 11) is 0. The van der Waals surface area contributed by atoms with E-state index in [2.05, 4.69) is 15.3 Å². The van der Waals surface area contributed by atoms with Crippen LogP contribution in [0.15, 0.2) is 40.0 Å². The summed E-state index contributed by atoms with van der Waals surface area (Å²) < 4.78 is 0. The number of carbonyl (C=O) groups excluding carboxylic acids is 1. The summed E-state index contributed by atoms with van der Waals surface area (Å²) in [4.78, 5) is 31.7. The Morgan fingerprint density at radius 3 is 2.71 bits per heavy atom. The van der Waals surface area contributed by atoms with Crippen molar-refractivity contribution in [1.29, 1.82) is 0 Å². The number of hydrogen-bond donors (Lipinski definition) is 3. The number of hydrogen-bond acceptors (Lipinski definition) is 3. The Kier molecular flexibility index (Phi) is 4.49. The van der Waals surface area contributed by atoms with Gasteiger partial charge in [-0.15, -0.1) is 11.8 Å². The molecule has 1 amide bonds. The molecule has 0 atom stereocenters. The number of thioether (sulfide) groups is 1. The van der Waals surface area contributed by atoms with Gasteiger partial charge in [0.15, 0.2) is 0 Å². The first kappa shape index (κ1) is 16.4. The standard InChI is InChI=1S/C18H19N3O2S/c1-10-8-15(24-3)13(17(22)20-10)9-19-18(23)16-11(2)21-14-7-5-4-6-12(14)16/h4-8,21H,9H2,1-3H3,(H,19,23)(H,20,22). The van der Waals surface area contributed by atoms with E-state index in [1.165, 1.54) is 11.8 Å². The molecule has 0 bridgehead atoms. The van der Waals surface area contributed by atoms with Gasteiger partial charge in [0.25, 0.3) is 11.5 Å². The van der Waals surface area contributed by atoms with Gasteiger partial charge in [0.05, 0.1) is 5.56 Å². The van der Waals surface area contributed by atoms with Gasteiger partial charge in [0, 0.05) is 39.3 Å². The molecule has 3 N–H and O–H groups in total. The number of rotatable bonds is 4. The highest BCUT2D eigenvalue weighted by Gasteiger charge is 2.16. The molecule has 0 saturated heterocycles. The number of para-hydroxylation sites is 1. The maximum Gasteiger partial charge on any atom is 0.254 e. The first-order chi connectivity index (χ1) is 11.5. The number of fused-ring (bicyclic) bond motifs is 1. The van der Waals surface area contributed by atoms with Crippen LogP contribution >= 0.6 is 11.8 Å². The zero-order valence-corrected chi connectivity index (χ0v) is 14.6. The van der Waals surface area contributed by atoms with Gasteiger partial charge in [-0.25, -0.2) is 0 Å². The smallest absolute Gasteiger partial charge is 0.254 e. The van der Waals surface area contributed by atoms with Gasteiger partial charge in [-0.1, -0.05) is 18.2 Å². The summed E-state index contributed by atoms with van der Waals surface area (Å²) in [6, 6.07) is 9.61. The van der Waals surface area contributed by atoms with Gasteiger partial charge < -0.3 is 15.3 Å². The highest BCUT2D eigenvalue weighted by Crippen LogP contribution is 2.22. The van der Waals surface area contributed by atoms with Crippen LogP contribution in [0.2, 0.25) is 0 Å². The van der Waals surface area contributed by atoms with Gasteiger partial charge in [-0.3, -0.25) is 9.59 Å². The molecule has 0 aliphatic carbocycles. The second-order valence-electron chi connectivity index (χ2n) is 5.68. The average Bonchev–Trinajstić information content (AvgIpc) is 2.88. The van der Waals surface area contributed by atoms with Crippen LogP contribution in [0.5, 0.6) is 0 Å². The summed E-state index contributed by atoms with van der Waals surface area (Å²) in [5, 5.41) is 3.76. The highest BCUT2D eigenvalue weighted by atomic mass is 32.2. The molecule has 0 spiro atoms. The van der Waals surface area contributed by atoms with Crippen LogP contribution in [-0.4, -0.2) is 22.1 Å². The Labute approximate surface area is 143 Å². The molecule has 6 heteroatoms. The van der Waals surface area contributed by atoms with Crippen molar-refractivity contribution in [3.05, 3.63) is 63.2 Å². The van der Waals surface area contributed by atoms with E-state index in [9.17, 15) is 9.59 Å². The lowest BCUT2D eigenvalue weighted by Gasteiger charge is -2.09. The van der Waals surface area contributed by atoms with Crippen molar-refractivity contribution in [2.24, 2.45) is 0 Å². The molecular weight excluding hydrogens is 322 g/mol. The molecule has 2 heterocycles. The quantitative estimate of drug-likeness (QED) is 0.638. The van der Waals surface area contributed by atoms with Crippen LogP contribution in [0.25, 0.3) is 10.9 Å². The van der Waals surface area contributed by atoms with E-state index >= 15 is 0 Å². The zero-order chi connectivity index (χ0) is 17.3. The van der Waals surface area contributed by atoms with Crippen molar-refractivity contribution in [2.45, 2.75) is 25.3 Å². The predicted molar refractivity (Wildman–Crippen MR) is 97.8 cm³/mol. The molecule has 3 aromatic rings. The van der Waals surface area contributed by atoms with Crippen molar-refractivity contribution in [2.75, 3.05) is 6.26 Å². The summed E-state index contributed by atoms with van der Waals surface area (Å²) >= 11 is 1.50. The van der Waals surface area contributed by atoms with E-state index in [1.807, 2.05) is 50.4 Å². The van der Waals surface area contributed by atoms with E-state index in [4.69, 9.17) is 0 Å². The number of aryl methyl sites for hydroxylation is 2.